The van der Waals surface area contributed by atoms with Gasteiger partial charge in [0.25, 0.3) is 0 Å². The van der Waals surface area contributed by atoms with E-state index in [4.69, 9.17) is 16.3 Å². The molecule has 0 N–H and O–H groups in total. The van der Waals surface area contributed by atoms with Crippen LogP contribution in [0.25, 0.3) is 22.3 Å². The predicted octanol–water partition coefficient (Wildman–Crippen LogP) is 6.89. The summed E-state index contributed by atoms with van der Waals surface area (Å²) in [6, 6.07) is 30.5. The van der Waals surface area contributed by atoms with E-state index in [1.807, 2.05) is 54.6 Å². The van der Waals surface area contributed by atoms with Crippen LogP contribution in [0.5, 0.6) is 0 Å². The zero-order valence-electron chi connectivity index (χ0n) is 17.5. The number of carbonyl (C=O) groups is 2. The number of rotatable bonds is 6. The molecule has 0 atom stereocenters. The number of halogens is 1. The minimum Gasteiger partial charge on any atom is -0.465 e. The molecule has 0 heterocycles. The fourth-order valence-electron chi connectivity index (χ4n) is 3.61. The van der Waals surface area contributed by atoms with Gasteiger partial charge in [-0.1, -0.05) is 78.3 Å². The molecule has 3 nitrogen and oxygen atoms in total. The van der Waals surface area contributed by atoms with Gasteiger partial charge in [-0.05, 0) is 52.6 Å². The summed E-state index contributed by atoms with van der Waals surface area (Å²) in [5.41, 5.74) is 5.75. The molecule has 0 saturated carbocycles. The highest BCUT2D eigenvalue weighted by Crippen LogP contribution is 2.31. The van der Waals surface area contributed by atoms with Crippen molar-refractivity contribution in [3.63, 3.8) is 0 Å². The lowest BCUT2D eigenvalue weighted by Crippen LogP contribution is -2.06. The maximum atomic E-state index is 12.9. The van der Waals surface area contributed by atoms with Gasteiger partial charge in [-0.15, -0.1) is 0 Å². The van der Waals surface area contributed by atoms with Crippen LogP contribution in [0.1, 0.15) is 26.3 Å². The van der Waals surface area contributed by atoms with E-state index in [0.29, 0.717) is 16.1 Å². The highest BCUT2D eigenvalue weighted by Gasteiger charge is 2.13. The molecule has 0 bridgehead atoms. The van der Waals surface area contributed by atoms with Crippen LogP contribution in [0.2, 0.25) is 5.02 Å². The minimum atomic E-state index is -0.424. The van der Waals surface area contributed by atoms with E-state index in [2.05, 4.69) is 12.1 Å². The fourth-order valence-corrected chi connectivity index (χ4v) is 3.83. The zero-order valence-corrected chi connectivity index (χ0v) is 18.3. The summed E-state index contributed by atoms with van der Waals surface area (Å²) < 4.78 is 4.76. The molecule has 0 aliphatic rings. The average molecular weight is 441 g/mol. The van der Waals surface area contributed by atoms with Crippen LogP contribution in [-0.2, 0) is 11.2 Å². The number of hydrogen-bond donors (Lipinski definition) is 0. The third-order valence-electron chi connectivity index (χ3n) is 5.30. The quantitative estimate of drug-likeness (QED) is 0.242. The van der Waals surface area contributed by atoms with Crippen molar-refractivity contribution in [2.24, 2.45) is 0 Å². The molecule has 0 radical (unpaired) electrons. The Labute approximate surface area is 192 Å². The van der Waals surface area contributed by atoms with Crippen LogP contribution >= 0.6 is 11.6 Å². The second-order valence-electron chi connectivity index (χ2n) is 7.43. The van der Waals surface area contributed by atoms with Crippen molar-refractivity contribution in [2.75, 3.05) is 7.11 Å². The van der Waals surface area contributed by atoms with Crippen LogP contribution in [-0.4, -0.2) is 18.9 Å². The maximum absolute atomic E-state index is 12.9. The van der Waals surface area contributed by atoms with E-state index < -0.39 is 5.97 Å². The molecule has 0 aliphatic heterocycles. The highest BCUT2D eigenvalue weighted by atomic mass is 35.5. The van der Waals surface area contributed by atoms with Gasteiger partial charge >= 0.3 is 5.97 Å². The van der Waals surface area contributed by atoms with Gasteiger partial charge < -0.3 is 4.74 Å². The molecule has 0 aromatic heterocycles. The molecule has 0 spiro atoms. The fraction of sp³-hybridized carbons (Fsp3) is 0.0714. The molecular weight excluding hydrogens is 420 g/mol. The summed E-state index contributed by atoms with van der Waals surface area (Å²) in [6.07, 6.45) is 0.179. The standard InChI is InChI=1S/C28H21ClO3/c1-32-28(31)24-9-5-6-19(16-24)17-27(30)23-14-15-26(29)25(18-23)22-12-10-21(11-13-22)20-7-3-2-4-8-20/h2-16,18H,17H2,1H3. The Morgan fingerprint density at radius 1 is 0.719 bits per heavy atom. The first-order valence-corrected chi connectivity index (χ1v) is 10.6. The van der Waals surface area contributed by atoms with Gasteiger partial charge in [-0.3, -0.25) is 4.79 Å². The van der Waals surface area contributed by atoms with E-state index in [1.165, 1.54) is 7.11 Å². The molecule has 0 fully saturated rings. The lowest BCUT2D eigenvalue weighted by Gasteiger charge is -2.10. The van der Waals surface area contributed by atoms with Crippen molar-refractivity contribution >= 4 is 23.4 Å². The number of carbonyl (C=O) groups excluding carboxylic acids is 2. The van der Waals surface area contributed by atoms with Gasteiger partial charge in [-0.2, -0.15) is 0 Å². The van der Waals surface area contributed by atoms with Gasteiger partial charge in [0.2, 0.25) is 0 Å². The Balaban J connectivity index is 1.57. The highest BCUT2D eigenvalue weighted by molar-refractivity contribution is 6.33. The van der Waals surface area contributed by atoms with Crippen LogP contribution in [0.15, 0.2) is 97.1 Å². The lowest BCUT2D eigenvalue weighted by atomic mass is 9.96. The molecule has 0 aliphatic carbocycles. The second kappa shape index (κ2) is 9.63. The molecular formula is C28H21ClO3. The smallest absolute Gasteiger partial charge is 0.337 e. The third kappa shape index (κ3) is 4.79. The third-order valence-corrected chi connectivity index (χ3v) is 5.63. The summed E-state index contributed by atoms with van der Waals surface area (Å²) in [5.74, 6) is -0.474. The molecule has 4 aromatic rings. The number of Topliss-reactive ketones (excluding diaryl/α,β-unsaturated/α-hetero) is 1. The van der Waals surface area contributed by atoms with Crippen molar-refractivity contribution in [2.45, 2.75) is 6.42 Å². The van der Waals surface area contributed by atoms with E-state index in [1.54, 1.807) is 30.3 Å². The number of esters is 1. The van der Waals surface area contributed by atoms with Gasteiger partial charge in [0, 0.05) is 22.6 Å². The Hall–Kier alpha value is -3.69. The number of ketones is 1. The molecule has 0 amide bonds. The topological polar surface area (TPSA) is 43.4 Å². The summed E-state index contributed by atoms with van der Waals surface area (Å²) >= 11 is 6.46. The Morgan fingerprint density at radius 3 is 2.12 bits per heavy atom. The van der Waals surface area contributed by atoms with Crippen LogP contribution in [0.4, 0.5) is 0 Å². The first kappa shape index (κ1) is 21.5. The van der Waals surface area contributed by atoms with Crippen LogP contribution in [0.3, 0.4) is 0 Å². The molecule has 4 aromatic carbocycles. The summed E-state index contributed by atoms with van der Waals surface area (Å²) in [6.45, 7) is 0. The summed E-state index contributed by atoms with van der Waals surface area (Å²) in [5, 5.41) is 0.585. The molecule has 158 valence electrons. The number of hydrogen-bond acceptors (Lipinski definition) is 3. The van der Waals surface area contributed by atoms with E-state index in [0.717, 1.165) is 27.8 Å². The van der Waals surface area contributed by atoms with Crippen molar-refractivity contribution in [3.05, 3.63) is 119 Å². The normalized spacial score (nSPS) is 10.6. The SMILES string of the molecule is COC(=O)c1cccc(CC(=O)c2ccc(Cl)c(-c3ccc(-c4ccccc4)cc3)c2)c1. The van der Waals surface area contributed by atoms with Crippen molar-refractivity contribution < 1.29 is 14.3 Å². The van der Waals surface area contributed by atoms with Gasteiger partial charge in [0.1, 0.15) is 0 Å². The van der Waals surface area contributed by atoms with Crippen LogP contribution in [0, 0.1) is 0 Å². The van der Waals surface area contributed by atoms with E-state index in [9.17, 15) is 9.59 Å². The average Bonchev–Trinajstić information content (AvgIpc) is 2.84. The van der Waals surface area contributed by atoms with Crippen molar-refractivity contribution in [3.8, 4) is 22.3 Å². The minimum absolute atomic E-state index is 0.0501. The van der Waals surface area contributed by atoms with Gasteiger partial charge in [0.05, 0.1) is 12.7 Å². The Kier molecular flexibility index (Phi) is 6.48. The Morgan fingerprint density at radius 2 is 1.41 bits per heavy atom. The molecule has 4 heteroatoms. The zero-order chi connectivity index (χ0) is 22.5. The Bertz CT molecular complexity index is 1260. The monoisotopic (exact) mass is 440 g/mol. The molecule has 32 heavy (non-hydrogen) atoms. The largest absolute Gasteiger partial charge is 0.465 e. The summed E-state index contributed by atoms with van der Waals surface area (Å²) in [7, 11) is 1.34. The lowest BCUT2D eigenvalue weighted by molar-refractivity contribution is 0.0600. The number of ether oxygens (including phenoxy) is 1. The molecule has 4 rings (SSSR count). The summed E-state index contributed by atoms with van der Waals surface area (Å²) in [4.78, 5) is 24.7. The second-order valence-corrected chi connectivity index (χ2v) is 7.84. The maximum Gasteiger partial charge on any atom is 0.337 e. The van der Waals surface area contributed by atoms with Gasteiger partial charge in [-0.25, -0.2) is 4.79 Å². The number of benzene rings is 4. The number of methoxy groups -OCH3 is 1. The first-order chi connectivity index (χ1) is 15.5. The van der Waals surface area contributed by atoms with Gasteiger partial charge in [0.15, 0.2) is 5.78 Å². The van der Waals surface area contributed by atoms with E-state index >= 15 is 0 Å². The van der Waals surface area contributed by atoms with Crippen LogP contribution < -0.4 is 0 Å². The van der Waals surface area contributed by atoms with Crippen molar-refractivity contribution in [1.82, 2.24) is 0 Å². The first-order valence-electron chi connectivity index (χ1n) is 10.2. The van der Waals surface area contributed by atoms with Crippen molar-refractivity contribution in [1.29, 1.82) is 0 Å². The molecule has 0 saturated heterocycles. The predicted molar refractivity (Wildman–Crippen MR) is 128 cm³/mol. The van der Waals surface area contributed by atoms with E-state index in [-0.39, 0.29) is 12.2 Å². The molecule has 0 unspecified atom stereocenters.